The Kier molecular flexibility index (Phi) is 8.47. The summed E-state index contributed by atoms with van der Waals surface area (Å²) in [6.07, 6.45) is -2.45. The Morgan fingerprint density at radius 1 is 1.21 bits per heavy atom. The molecule has 2 aromatic carbocycles. The predicted molar refractivity (Wildman–Crippen MR) is 156 cm³/mol. The normalized spacial score (nSPS) is 24.2. The molecule has 43 heavy (non-hydrogen) atoms. The highest BCUT2D eigenvalue weighted by Crippen LogP contribution is 2.49. The Labute approximate surface area is 246 Å². The van der Waals surface area contributed by atoms with E-state index in [0.717, 1.165) is 5.39 Å². The molecule has 1 aliphatic heterocycles. The minimum Gasteiger partial charge on any atom is -0.462 e. The topological polar surface area (TPSA) is 206 Å². The van der Waals surface area contributed by atoms with Crippen molar-refractivity contribution in [2.75, 3.05) is 12.3 Å². The van der Waals surface area contributed by atoms with E-state index >= 15 is 0 Å². The zero-order chi connectivity index (χ0) is 30.9. The van der Waals surface area contributed by atoms with Crippen LogP contribution in [0.1, 0.15) is 27.0 Å². The number of nitrogens with two attached hydrogens (primary N) is 1. The number of nitrogens with one attached hydrogen (secondary N) is 1. The first-order valence-electron chi connectivity index (χ1n) is 13.3. The van der Waals surface area contributed by atoms with Crippen molar-refractivity contribution < 1.29 is 38.1 Å². The van der Waals surface area contributed by atoms with E-state index in [1.165, 1.54) is 24.1 Å². The second kappa shape index (κ2) is 12.0. The Bertz CT molecular complexity index is 1700. The number of aliphatic hydroxyl groups excluding tert-OH is 2. The maximum absolute atomic E-state index is 14.3. The lowest BCUT2D eigenvalue weighted by Crippen LogP contribution is -2.46. The second-order valence-corrected chi connectivity index (χ2v) is 11.9. The summed E-state index contributed by atoms with van der Waals surface area (Å²) < 4.78 is 38.6. The standard InChI is InChI=1S/C27H32N7O8P/c1-15(2)40-26(37)16(3)33-43(38,42-19-11-7-9-17-8-5-6-10-18(17)19)39-12-27(29-4)22(36)21(35)25(41-27)34-14-32-20-23(28)30-13-31-24(20)34/h5-11,13-16,21-22,25,35-36H,4,12H2,1-3H3,(H,33,38)(H2,28,30,31)/t16-,21+,22-,25+,27+,43?/m0/s1. The maximum atomic E-state index is 14.3. The van der Waals surface area contributed by atoms with E-state index < -0.39 is 56.6 Å². The van der Waals surface area contributed by atoms with Crippen LogP contribution in [0.3, 0.4) is 0 Å². The third-order valence-electron chi connectivity index (χ3n) is 6.80. The van der Waals surface area contributed by atoms with Crippen LogP contribution < -0.4 is 15.3 Å². The molecule has 1 unspecified atom stereocenters. The van der Waals surface area contributed by atoms with Gasteiger partial charge in [-0.15, -0.1) is 0 Å². The number of ether oxygens (including phenoxy) is 2. The summed E-state index contributed by atoms with van der Waals surface area (Å²) in [4.78, 5) is 28.7. The van der Waals surface area contributed by atoms with E-state index in [0.29, 0.717) is 5.39 Å². The fraction of sp³-hybridized carbons (Fsp3) is 0.370. The molecular formula is C27H32N7O8P. The molecule has 15 nitrogen and oxygen atoms in total. The van der Waals surface area contributed by atoms with Gasteiger partial charge in [0.2, 0.25) is 5.72 Å². The van der Waals surface area contributed by atoms with Gasteiger partial charge in [-0.1, -0.05) is 36.4 Å². The Balaban J connectivity index is 1.45. The fourth-order valence-corrected chi connectivity index (χ4v) is 6.17. The summed E-state index contributed by atoms with van der Waals surface area (Å²) >= 11 is 0. The number of nitrogen functional groups attached to an aromatic ring is 1. The van der Waals surface area contributed by atoms with Crippen molar-refractivity contribution in [3.05, 3.63) is 55.1 Å². The number of imidazole rings is 1. The van der Waals surface area contributed by atoms with Crippen LogP contribution in [0.15, 0.2) is 60.1 Å². The van der Waals surface area contributed by atoms with E-state index in [2.05, 4.69) is 31.7 Å². The van der Waals surface area contributed by atoms with E-state index in [4.69, 9.17) is 24.3 Å². The molecule has 5 N–H and O–H groups in total. The van der Waals surface area contributed by atoms with Crippen molar-refractivity contribution in [3.8, 4) is 5.75 Å². The number of aliphatic hydroxyl groups is 2. The third kappa shape index (κ3) is 5.95. The van der Waals surface area contributed by atoms with Gasteiger partial charge in [0.15, 0.2) is 17.7 Å². The first kappa shape index (κ1) is 30.5. The number of carbonyl (C=O) groups is 1. The number of nitrogens with zero attached hydrogens (tertiary/aromatic N) is 5. The number of rotatable bonds is 11. The largest absolute Gasteiger partial charge is 0.462 e. The number of anilines is 1. The van der Waals surface area contributed by atoms with Gasteiger partial charge in [-0.05, 0) is 38.9 Å². The van der Waals surface area contributed by atoms with Crippen LogP contribution in [0.2, 0.25) is 0 Å². The maximum Gasteiger partial charge on any atom is 0.459 e. The predicted octanol–water partition coefficient (Wildman–Crippen LogP) is 2.34. The number of aliphatic imine (C=N–C) groups is 1. The molecule has 1 aliphatic rings. The molecule has 1 saturated heterocycles. The average Bonchev–Trinajstić information content (AvgIpc) is 3.52. The van der Waals surface area contributed by atoms with Crippen LogP contribution in [-0.4, -0.2) is 79.1 Å². The molecule has 0 aliphatic carbocycles. The van der Waals surface area contributed by atoms with Crippen molar-refractivity contribution in [2.24, 2.45) is 4.99 Å². The van der Waals surface area contributed by atoms with Crippen LogP contribution in [0.4, 0.5) is 5.82 Å². The molecule has 0 saturated carbocycles. The number of benzene rings is 2. The number of hydrogen-bond donors (Lipinski definition) is 4. The molecule has 1 fully saturated rings. The Morgan fingerprint density at radius 3 is 2.70 bits per heavy atom. The van der Waals surface area contributed by atoms with Crippen LogP contribution in [0.25, 0.3) is 21.9 Å². The Morgan fingerprint density at radius 2 is 1.95 bits per heavy atom. The summed E-state index contributed by atoms with van der Waals surface area (Å²) in [6.45, 7) is 7.60. The van der Waals surface area contributed by atoms with Crippen LogP contribution in [-0.2, 0) is 23.4 Å². The fourth-order valence-electron chi connectivity index (χ4n) is 4.64. The van der Waals surface area contributed by atoms with Gasteiger partial charge in [0.05, 0.1) is 12.4 Å². The monoisotopic (exact) mass is 613 g/mol. The number of carbonyl (C=O) groups excluding carboxylic acids is 1. The number of hydrogen-bond acceptors (Lipinski definition) is 13. The van der Waals surface area contributed by atoms with E-state index in [-0.39, 0.29) is 22.7 Å². The van der Waals surface area contributed by atoms with Crippen molar-refractivity contribution in [1.29, 1.82) is 0 Å². The van der Waals surface area contributed by atoms with Gasteiger partial charge in [-0.3, -0.25) is 18.9 Å². The molecule has 0 amide bonds. The van der Waals surface area contributed by atoms with E-state index in [1.807, 2.05) is 18.2 Å². The molecule has 2 aromatic heterocycles. The molecule has 4 aromatic rings. The zero-order valence-corrected chi connectivity index (χ0v) is 24.5. The molecule has 0 radical (unpaired) electrons. The van der Waals surface area contributed by atoms with Crippen LogP contribution in [0.5, 0.6) is 5.75 Å². The van der Waals surface area contributed by atoms with Crippen molar-refractivity contribution in [1.82, 2.24) is 24.6 Å². The Hall–Kier alpha value is -3.98. The summed E-state index contributed by atoms with van der Waals surface area (Å²) in [5.74, 6) is -0.388. The zero-order valence-electron chi connectivity index (χ0n) is 23.6. The molecule has 3 heterocycles. The van der Waals surface area contributed by atoms with Gasteiger partial charge in [-0.2, -0.15) is 5.09 Å². The number of fused-ring (bicyclic) bond motifs is 2. The lowest BCUT2D eigenvalue weighted by molar-refractivity contribution is -0.149. The smallest absolute Gasteiger partial charge is 0.459 e. The quantitative estimate of drug-likeness (QED) is 0.109. The number of aromatic nitrogens is 4. The van der Waals surface area contributed by atoms with E-state index in [1.54, 1.807) is 38.1 Å². The van der Waals surface area contributed by atoms with Gasteiger partial charge >= 0.3 is 13.7 Å². The second-order valence-electron chi connectivity index (χ2n) is 10.2. The SMILES string of the molecule is C=N[C@]1(COP(=O)(N[C@@H](C)C(=O)OC(C)C)Oc2cccc3ccccc23)O[C@@H](n2cnc3c(N)ncnc32)[C@H](O)[C@@H]1O. The van der Waals surface area contributed by atoms with E-state index in [9.17, 15) is 19.6 Å². The van der Waals surface area contributed by atoms with Gasteiger partial charge < -0.3 is 29.9 Å². The van der Waals surface area contributed by atoms with Crippen molar-refractivity contribution >= 4 is 48.2 Å². The first-order chi connectivity index (χ1) is 20.5. The van der Waals surface area contributed by atoms with Crippen LogP contribution >= 0.6 is 7.75 Å². The highest BCUT2D eigenvalue weighted by atomic mass is 31.2. The molecule has 0 bridgehead atoms. The lowest BCUT2D eigenvalue weighted by Gasteiger charge is -2.30. The highest BCUT2D eigenvalue weighted by molar-refractivity contribution is 7.52. The van der Waals surface area contributed by atoms with Gasteiger partial charge in [0.1, 0.15) is 42.5 Å². The van der Waals surface area contributed by atoms with Crippen molar-refractivity contribution in [2.45, 2.75) is 57.1 Å². The molecule has 228 valence electrons. The minimum absolute atomic E-state index is 0.107. The average molecular weight is 614 g/mol. The number of esters is 1. The molecule has 0 spiro atoms. The molecular weight excluding hydrogens is 581 g/mol. The van der Waals surface area contributed by atoms with Gasteiger partial charge in [0, 0.05) is 5.39 Å². The summed E-state index contributed by atoms with van der Waals surface area (Å²) in [5, 5.41) is 26.1. The third-order valence-corrected chi connectivity index (χ3v) is 8.41. The molecule has 16 heteroatoms. The minimum atomic E-state index is -4.45. The summed E-state index contributed by atoms with van der Waals surface area (Å²) in [6, 6.07) is 11.3. The van der Waals surface area contributed by atoms with Gasteiger partial charge in [0.25, 0.3) is 0 Å². The summed E-state index contributed by atoms with van der Waals surface area (Å²) in [5.41, 5.74) is 4.34. The first-order valence-corrected chi connectivity index (χ1v) is 14.9. The highest BCUT2D eigenvalue weighted by Gasteiger charge is 2.56. The van der Waals surface area contributed by atoms with Crippen LogP contribution in [0, 0.1) is 0 Å². The lowest BCUT2D eigenvalue weighted by atomic mass is 10.1. The molecule has 5 rings (SSSR count). The van der Waals surface area contributed by atoms with Gasteiger partial charge in [-0.25, -0.2) is 19.5 Å². The molecule has 6 atom stereocenters. The van der Waals surface area contributed by atoms with Crippen molar-refractivity contribution in [3.63, 3.8) is 0 Å². The summed E-state index contributed by atoms with van der Waals surface area (Å²) in [7, 11) is -4.45.